The summed E-state index contributed by atoms with van der Waals surface area (Å²) in [4.78, 5) is 4.22. The van der Waals surface area contributed by atoms with Crippen LogP contribution in [0, 0.1) is 5.92 Å². The Hall–Kier alpha value is -1.45. The van der Waals surface area contributed by atoms with E-state index in [1.165, 1.54) is 22.8 Å². The Bertz CT molecular complexity index is 558. The number of aromatic nitrogens is 1. The lowest BCUT2D eigenvalue weighted by Crippen LogP contribution is -2.24. The third-order valence-corrected chi connectivity index (χ3v) is 4.13. The van der Waals surface area contributed by atoms with E-state index < -0.39 is 0 Å². The molecule has 20 heavy (non-hydrogen) atoms. The van der Waals surface area contributed by atoms with Crippen molar-refractivity contribution in [2.45, 2.75) is 25.8 Å². The molecule has 1 N–H and O–H groups in total. The number of hydrogen-bond acceptors (Lipinski definition) is 3. The zero-order chi connectivity index (χ0) is 13.8. The molecule has 0 aliphatic carbocycles. The van der Waals surface area contributed by atoms with Gasteiger partial charge in [-0.3, -0.25) is 4.98 Å². The molecule has 0 radical (unpaired) electrons. The molecule has 3 heteroatoms. The maximum atomic E-state index is 5.52. The van der Waals surface area contributed by atoms with Gasteiger partial charge in [0.1, 0.15) is 0 Å². The maximum Gasteiger partial charge on any atom is 0.0495 e. The van der Waals surface area contributed by atoms with Crippen molar-refractivity contribution >= 4 is 10.8 Å². The van der Waals surface area contributed by atoms with Gasteiger partial charge in [0.25, 0.3) is 0 Å². The number of nitrogens with one attached hydrogen (secondary N) is 1. The number of rotatable bonds is 5. The number of fused-ring (bicyclic) bond motifs is 1. The Morgan fingerprint density at radius 2 is 2.35 bits per heavy atom. The van der Waals surface area contributed by atoms with Crippen molar-refractivity contribution in [3.8, 4) is 0 Å². The zero-order valence-electron chi connectivity index (χ0n) is 12.0. The van der Waals surface area contributed by atoms with Gasteiger partial charge in [0, 0.05) is 37.0 Å². The summed E-state index contributed by atoms with van der Waals surface area (Å²) in [6, 6.07) is 9.03. The van der Waals surface area contributed by atoms with E-state index in [9.17, 15) is 0 Å². The van der Waals surface area contributed by atoms with Crippen LogP contribution >= 0.6 is 0 Å². The molecule has 3 nitrogen and oxygen atoms in total. The van der Waals surface area contributed by atoms with E-state index in [2.05, 4.69) is 41.5 Å². The number of ether oxygens (including phenoxy) is 1. The predicted octanol–water partition coefficient (Wildman–Crippen LogP) is 3.31. The van der Waals surface area contributed by atoms with Crippen LogP contribution in [0.2, 0.25) is 0 Å². The van der Waals surface area contributed by atoms with Gasteiger partial charge in [-0.15, -0.1) is 0 Å². The van der Waals surface area contributed by atoms with Crippen LogP contribution in [0.4, 0.5) is 0 Å². The van der Waals surface area contributed by atoms with Gasteiger partial charge in [0.15, 0.2) is 0 Å². The van der Waals surface area contributed by atoms with Crippen molar-refractivity contribution in [3.05, 3.63) is 42.2 Å². The van der Waals surface area contributed by atoms with Crippen LogP contribution in [-0.4, -0.2) is 24.7 Å². The highest BCUT2D eigenvalue weighted by molar-refractivity contribution is 5.85. The fourth-order valence-electron chi connectivity index (χ4n) is 3.12. The smallest absolute Gasteiger partial charge is 0.0495 e. The summed E-state index contributed by atoms with van der Waals surface area (Å²) < 4.78 is 5.52. The van der Waals surface area contributed by atoms with Crippen LogP contribution in [-0.2, 0) is 4.74 Å². The molecule has 2 unspecified atom stereocenters. The van der Waals surface area contributed by atoms with E-state index in [1.807, 2.05) is 12.4 Å². The minimum absolute atomic E-state index is 0.401. The summed E-state index contributed by atoms with van der Waals surface area (Å²) in [6.45, 7) is 4.99. The summed E-state index contributed by atoms with van der Waals surface area (Å²) in [7, 11) is 0. The number of pyridine rings is 1. The second-order valence-corrected chi connectivity index (χ2v) is 5.52. The summed E-state index contributed by atoms with van der Waals surface area (Å²) in [6.07, 6.45) is 6.16. The fourth-order valence-corrected chi connectivity index (χ4v) is 3.12. The molecule has 0 spiro atoms. The summed E-state index contributed by atoms with van der Waals surface area (Å²) >= 11 is 0. The topological polar surface area (TPSA) is 34.1 Å². The minimum Gasteiger partial charge on any atom is -0.381 e. The predicted molar refractivity (Wildman–Crippen MR) is 81.7 cm³/mol. The highest BCUT2D eigenvalue weighted by Gasteiger charge is 2.22. The van der Waals surface area contributed by atoms with Crippen molar-refractivity contribution in [1.82, 2.24) is 10.3 Å². The first-order chi connectivity index (χ1) is 9.88. The van der Waals surface area contributed by atoms with Crippen LogP contribution < -0.4 is 5.32 Å². The van der Waals surface area contributed by atoms with E-state index >= 15 is 0 Å². The van der Waals surface area contributed by atoms with Crippen molar-refractivity contribution < 1.29 is 4.74 Å². The summed E-state index contributed by atoms with van der Waals surface area (Å²) in [5.41, 5.74) is 1.39. The quantitative estimate of drug-likeness (QED) is 0.905. The molecule has 0 amide bonds. The van der Waals surface area contributed by atoms with Crippen molar-refractivity contribution in [2.24, 2.45) is 5.92 Å². The summed E-state index contributed by atoms with van der Waals surface area (Å²) in [5.74, 6) is 0.677. The molecule has 106 valence electrons. The highest BCUT2D eigenvalue weighted by Crippen LogP contribution is 2.30. The molecule has 1 aromatic heterocycles. The van der Waals surface area contributed by atoms with Crippen molar-refractivity contribution in [2.75, 3.05) is 19.8 Å². The lowest BCUT2D eigenvalue weighted by Gasteiger charge is -2.22. The zero-order valence-corrected chi connectivity index (χ0v) is 12.0. The molecule has 0 saturated carbocycles. The molecular weight excluding hydrogens is 248 g/mol. The normalized spacial score (nSPS) is 20.4. The molecule has 0 bridgehead atoms. The molecule has 1 aliphatic rings. The van der Waals surface area contributed by atoms with Gasteiger partial charge >= 0.3 is 0 Å². The largest absolute Gasteiger partial charge is 0.381 e. The maximum absolute atomic E-state index is 5.52. The average Bonchev–Trinajstić information content (AvgIpc) is 2.99. The molecule has 3 rings (SSSR count). The molecular formula is C17H22N2O. The van der Waals surface area contributed by atoms with Gasteiger partial charge in [-0.1, -0.05) is 25.1 Å². The average molecular weight is 270 g/mol. The van der Waals surface area contributed by atoms with Crippen LogP contribution in [0.5, 0.6) is 0 Å². The van der Waals surface area contributed by atoms with Crippen molar-refractivity contribution in [3.63, 3.8) is 0 Å². The second-order valence-electron chi connectivity index (χ2n) is 5.52. The first-order valence-corrected chi connectivity index (χ1v) is 7.52. The Balaban J connectivity index is 1.91. The Kier molecular flexibility index (Phi) is 4.28. The Morgan fingerprint density at radius 3 is 3.15 bits per heavy atom. The molecule has 2 atom stereocenters. The molecule has 1 fully saturated rings. The van der Waals surface area contributed by atoms with E-state index in [-0.39, 0.29) is 0 Å². The van der Waals surface area contributed by atoms with Crippen LogP contribution in [0.15, 0.2) is 36.7 Å². The molecule has 1 aliphatic heterocycles. The third kappa shape index (κ3) is 2.84. The van der Waals surface area contributed by atoms with Crippen LogP contribution in [0.1, 0.15) is 31.4 Å². The van der Waals surface area contributed by atoms with Gasteiger partial charge in [0.05, 0.1) is 0 Å². The monoisotopic (exact) mass is 270 g/mol. The Morgan fingerprint density at radius 1 is 1.40 bits per heavy atom. The van der Waals surface area contributed by atoms with E-state index in [0.29, 0.717) is 12.0 Å². The first-order valence-electron chi connectivity index (χ1n) is 7.52. The fraction of sp³-hybridized carbons (Fsp3) is 0.471. The number of nitrogens with zero attached hydrogens (tertiary/aromatic N) is 1. The van der Waals surface area contributed by atoms with Crippen LogP contribution in [0.25, 0.3) is 10.8 Å². The number of hydrogen-bond donors (Lipinski definition) is 1. The summed E-state index contributed by atoms with van der Waals surface area (Å²) in [5, 5.41) is 6.17. The van der Waals surface area contributed by atoms with Gasteiger partial charge in [-0.25, -0.2) is 0 Å². The van der Waals surface area contributed by atoms with E-state index in [1.54, 1.807) is 0 Å². The standard InChI is InChI=1S/C17H22N2O/c1-2-19-17(10-13-7-9-20-12-13)16-5-3-4-14-11-18-8-6-15(14)16/h3-6,8,11,13,17,19H,2,7,9-10,12H2,1H3. The molecule has 1 aromatic carbocycles. The van der Waals surface area contributed by atoms with Crippen LogP contribution in [0.3, 0.4) is 0 Å². The highest BCUT2D eigenvalue weighted by atomic mass is 16.5. The lowest BCUT2D eigenvalue weighted by molar-refractivity contribution is 0.181. The lowest BCUT2D eigenvalue weighted by atomic mass is 9.91. The van der Waals surface area contributed by atoms with Crippen molar-refractivity contribution in [1.29, 1.82) is 0 Å². The molecule has 2 aromatic rings. The van der Waals surface area contributed by atoms with E-state index in [0.717, 1.165) is 26.2 Å². The first kappa shape index (κ1) is 13.5. The van der Waals surface area contributed by atoms with Gasteiger partial charge in [-0.05, 0) is 42.3 Å². The second kappa shape index (κ2) is 6.33. The van der Waals surface area contributed by atoms with Gasteiger partial charge < -0.3 is 10.1 Å². The Labute approximate surface area is 120 Å². The SMILES string of the molecule is CCNC(CC1CCOC1)c1cccc2cnccc12. The third-order valence-electron chi connectivity index (χ3n) is 4.13. The van der Waals surface area contributed by atoms with Gasteiger partial charge in [-0.2, -0.15) is 0 Å². The number of benzene rings is 1. The minimum atomic E-state index is 0.401. The van der Waals surface area contributed by atoms with Gasteiger partial charge in [0.2, 0.25) is 0 Å². The molecule has 1 saturated heterocycles. The molecule has 2 heterocycles. The van der Waals surface area contributed by atoms with E-state index in [4.69, 9.17) is 4.74 Å².